The molecule has 1 aliphatic carbocycles. The van der Waals surface area contributed by atoms with Crippen molar-refractivity contribution in [3.8, 4) is 0 Å². The van der Waals surface area contributed by atoms with Crippen LogP contribution in [-0.4, -0.2) is 30.5 Å². The van der Waals surface area contributed by atoms with Gasteiger partial charge in [0, 0.05) is 18.5 Å². The molecule has 2 rings (SSSR count). The summed E-state index contributed by atoms with van der Waals surface area (Å²) in [5.41, 5.74) is 5.80. The van der Waals surface area contributed by atoms with Gasteiger partial charge in [-0.1, -0.05) is 0 Å². The molecule has 0 bridgehead atoms. The molecule has 0 aromatic carbocycles. The van der Waals surface area contributed by atoms with Gasteiger partial charge in [-0.25, -0.2) is 8.42 Å². The van der Waals surface area contributed by atoms with E-state index in [0.29, 0.717) is 0 Å². The van der Waals surface area contributed by atoms with E-state index >= 15 is 0 Å². The molecule has 0 amide bonds. The number of sulfone groups is 1. The maximum Gasteiger partial charge on any atom is 0.178 e. The molecule has 2 unspecified atom stereocenters. The molecule has 1 aliphatic rings. The molecule has 0 spiro atoms. The zero-order chi connectivity index (χ0) is 11.1. The molecule has 15 heavy (non-hydrogen) atoms. The molecule has 2 atom stereocenters. The number of nitrogens with two attached hydrogens (primary N) is 1. The number of nitrogens with zero attached hydrogens (tertiary/aromatic N) is 2. The van der Waals surface area contributed by atoms with Gasteiger partial charge in [0.25, 0.3) is 0 Å². The van der Waals surface area contributed by atoms with Gasteiger partial charge in [-0.05, 0) is 19.3 Å². The Morgan fingerprint density at radius 1 is 1.53 bits per heavy atom. The topological polar surface area (TPSA) is 78.0 Å². The first-order chi connectivity index (χ1) is 6.97. The summed E-state index contributed by atoms with van der Waals surface area (Å²) in [5.74, 6) is 0. The van der Waals surface area contributed by atoms with Crippen LogP contribution in [0.5, 0.6) is 0 Å². The number of hydrogen-bond acceptors (Lipinski definition) is 4. The van der Waals surface area contributed by atoms with Crippen molar-refractivity contribution in [2.75, 3.05) is 6.26 Å². The van der Waals surface area contributed by atoms with Gasteiger partial charge in [0.15, 0.2) is 9.84 Å². The van der Waals surface area contributed by atoms with Crippen LogP contribution in [0.1, 0.15) is 25.3 Å². The third-order valence-corrected chi connectivity index (χ3v) is 3.89. The van der Waals surface area contributed by atoms with Gasteiger partial charge in [-0.15, -0.1) is 0 Å². The van der Waals surface area contributed by atoms with Crippen LogP contribution in [0.25, 0.3) is 0 Å². The van der Waals surface area contributed by atoms with Crippen molar-refractivity contribution in [1.82, 2.24) is 9.78 Å². The third-order valence-electron chi connectivity index (χ3n) is 2.83. The summed E-state index contributed by atoms with van der Waals surface area (Å²) in [7, 11) is -3.14. The maximum absolute atomic E-state index is 11.2. The minimum atomic E-state index is -3.14. The van der Waals surface area contributed by atoms with Crippen molar-refractivity contribution >= 4 is 9.84 Å². The van der Waals surface area contributed by atoms with E-state index in [1.54, 1.807) is 10.9 Å². The maximum atomic E-state index is 11.2. The molecule has 0 saturated heterocycles. The van der Waals surface area contributed by atoms with Gasteiger partial charge >= 0.3 is 0 Å². The van der Waals surface area contributed by atoms with Crippen molar-refractivity contribution in [3.05, 3.63) is 12.4 Å². The fourth-order valence-corrected chi connectivity index (χ4v) is 2.48. The summed E-state index contributed by atoms with van der Waals surface area (Å²) >= 11 is 0. The fourth-order valence-electron chi connectivity index (χ4n) is 1.94. The lowest BCUT2D eigenvalue weighted by Gasteiger charge is -2.09. The Morgan fingerprint density at radius 3 is 2.73 bits per heavy atom. The predicted molar refractivity (Wildman–Crippen MR) is 56.2 cm³/mol. The van der Waals surface area contributed by atoms with Crippen molar-refractivity contribution < 1.29 is 8.42 Å². The smallest absolute Gasteiger partial charge is 0.178 e. The second-order valence-corrected chi connectivity index (χ2v) is 6.17. The van der Waals surface area contributed by atoms with Crippen LogP contribution < -0.4 is 5.73 Å². The minimum Gasteiger partial charge on any atom is -0.328 e. The molecule has 1 fully saturated rings. The first kappa shape index (κ1) is 10.6. The quantitative estimate of drug-likeness (QED) is 0.793. The van der Waals surface area contributed by atoms with E-state index in [1.807, 2.05) is 0 Å². The normalized spacial score (nSPS) is 27.1. The molecule has 1 heterocycles. The summed E-state index contributed by atoms with van der Waals surface area (Å²) in [4.78, 5) is 0.281. The van der Waals surface area contributed by atoms with Gasteiger partial charge in [0.1, 0.15) is 4.90 Å². The van der Waals surface area contributed by atoms with Crippen LogP contribution >= 0.6 is 0 Å². The Morgan fingerprint density at radius 2 is 2.27 bits per heavy atom. The largest absolute Gasteiger partial charge is 0.328 e. The van der Waals surface area contributed by atoms with E-state index in [2.05, 4.69) is 5.10 Å². The average molecular weight is 229 g/mol. The Labute approximate surface area is 89.2 Å². The van der Waals surface area contributed by atoms with Crippen molar-refractivity contribution in [2.24, 2.45) is 5.73 Å². The van der Waals surface area contributed by atoms with Gasteiger partial charge in [-0.3, -0.25) is 4.68 Å². The lowest BCUT2D eigenvalue weighted by atomic mass is 10.2. The van der Waals surface area contributed by atoms with Gasteiger partial charge < -0.3 is 5.73 Å². The molecular formula is C9H15N3O2S. The first-order valence-corrected chi connectivity index (χ1v) is 6.86. The van der Waals surface area contributed by atoms with E-state index in [-0.39, 0.29) is 17.0 Å². The zero-order valence-corrected chi connectivity index (χ0v) is 9.44. The molecule has 84 valence electrons. The highest BCUT2D eigenvalue weighted by Crippen LogP contribution is 2.28. The highest BCUT2D eigenvalue weighted by atomic mass is 32.2. The molecule has 6 heteroatoms. The summed E-state index contributed by atoms with van der Waals surface area (Å²) in [6, 6.07) is 0.483. The zero-order valence-electron chi connectivity index (χ0n) is 8.63. The van der Waals surface area contributed by atoms with E-state index in [0.717, 1.165) is 19.3 Å². The Kier molecular flexibility index (Phi) is 2.56. The van der Waals surface area contributed by atoms with Gasteiger partial charge in [0.05, 0.1) is 12.2 Å². The lowest BCUT2D eigenvalue weighted by molar-refractivity contribution is 0.460. The Bertz CT molecular complexity index is 452. The molecule has 0 radical (unpaired) electrons. The molecule has 2 N–H and O–H groups in total. The molecular weight excluding hydrogens is 214 g/mol. The highest BCUT2D eigenvalue weighted by Gasteiger charge is 2.24. The molecule has 1 aromatic rings. The van der Waals surface area contributed by atoms with Gasteiger partial charge in [0.2, 0.25) is 0 Å². The van der Waals surface area contributed by atoms with Crippen molar-refractivity contribution in [2.45, 2.75) is 36.2 Å². The predicted octanol–water partition coefficient (Wildman–Crippen LogP) is 0.339. The van der Waals surface area contributed by atoms with Crippen LogP contribution in [0.4, 0.5) is 0 Å². The fraction of sp³-hybridized carbons (Fsp3) is 0.667. The highest BCUT2D eigenvalue weighted by molar-refractivity contribution is 7.90. The van der Waals surface area contributed by atoms with Crippen molar-refractivity contribution in [1.29, 1.82) is 0 Å². The van der Waals surface area contributed by atoms with E-state index < -0.39 is 9.84 Å². The minimum absolute atomic E-state index is 0.223. The van der Waals surface area contributed by atoms with E-state index in [1.165, 1.54) is 12.5 Å². The molecule has 1 aromatic heterocycles. The Hall–Kier alpha value is -0.880. The van der Waals surface area contributed by atoms with E-state index in [9.17, 15) is 8.42 Å². The molecule has 1 saturated carbocycles. The first-order valence-electron chi connectivity index (χ1n) is 4.96. The SMILES string of the molecule is CS(=O)(=O)c1cnn(C2CCC(N)C2)c1. The number of aromatic nitrogens is 2. The summed E-state index contributed by atoms with van der Waals surface area (Å²) < 4.78 is 24.2. The second kappa shape index (κ2) is 3.61. The lowest BCUT2D eigenvalue weighted by Crippen LogP contribution is -2.16. The standard InChI is InChI=1S/C9H15N3O2S/c1-15(13,14)9-5-11-12(6-9)8-3-2-7(10)4-8/h5-8H,2-4,10H2,1H3. The third kappa shape index (κ3) is 2.21. The molecule has 0 aliphatic heterocycles. The van der Waals surface area contributed by atoms with Gasteiger partial charge in [-0.2, -0.15) is 5.10 Å². The summed E-state index contributed by atoms with van der Waals surface area (Å²) in [6.45, 7) is 0. The summed E-state index contributed by atoms with van der Waals surface area (Å²) in [6.07, 6.45) is 7.03. The second-order valence-electron chi connectivity index (χ2n) is 4.16. The van der Waals surface area contributed by atoms with Crippen LogP contribution in [0.2, 0.25) is 0 Å². The van der Waals surface area contributed by atoms with Crippen LogP contribution in [0.3, 0.4) is 0 Å². The summed E-state index contributed by atoms with van der Waals surface area (Å²) in [5, 5.41) is 4.08. The van der Waals surface area contributed by atoms with Crippen LogP contribution in [0.15, 0.2) is 17.3 Å². The van der Waals surface area contributed by atoms with E-state index in [4.69, 9.17) is 5.73 Å². The van der Waals surface area contributed by atoms with Crippen LogP contribution in [0, 0.1) is 0 Å². The van der Waals surface area contributed by atoms with Crippen LogP contribution in [-0.2, 0) is 9.84 Å². The average Bonchev–Trinajstić information content (AvgIpc) is 2.69. The monoisotopic (exact) mass is 229 g/mol. The van der Waals surface area contributed by atoms with Crippen molar-refractivity contribution in [3.63, 3.8) is 0 Å². The molecule has 5 nitrogen and oxygen atoms in total. The number of hydrogen-bond donors (Lipinski definition) is 1. The Balaban J connectivity index is 2.21. The number of rotatable bonds is 2.